The quantitative estimate of drug-likeness (QED) is 0.901. The molecule has 1 unspecified atom stereocenters. The lowest BCUT2D eigenvalue weighted by molar-refractivity contribution is -0.126. The first kappa shape index (κ1) is 18.8. The number of ether oxygens (including phenoxy) is 1. The van der Waals surface area contributed by atoms with Gasteiger partial charge in [0.1, 0.15) is 5.60 Å². The van der Waals surface area contributed by atoms with Crippen LogP contribution >= 0.6 is 11.3 Å². The summed E-state index contributed by atoms with van der Waals surface area (Å²) in [6.45, 7) is 9.34. The largest absolute Gasteiger partial charge is 0.444 e. The molecule has 1 aliphatic rings. The molecule has 0 radical (unpaired) electrons. The van der Waals surface area contributed by atoms with Crippen LogP contribution in [0.1, 0.15) is 50.3 Å². The van der Waals surface area contributed by atoms with Gasteiger partial charge in [0.05, 0.1) is 12.5 Å². The van der Waals surface area contributed by atoms with Gasteiger partial charge in [-0.25, -0.2) is 4.79 Å². The van der Waals surface area contributed by atoms with E-state index in [9.17, 15) is 9.59 Å². The van der Waals surface area contributed by atoms with Gasteiger partial charge in [-0.05, 0) is 52.2 Å². The lowest BCUT2D eigenvalue weighted by Gasteiger charge is -2.33. The van der Waals surface area contributed by atoms with Crippen LogP contribution in [0.2, 0.25) is 0 Å². The molecular weight excluding hydrogens is 324 g/mol. The predicted molar refractivity (Wildman–Crippen MR) is 96.1 cm³/mol. The number of nitrogens with one attached hydrogen (secondary N) is 1. The van der Waals surface area contributed by atoms with E-state index < -0.39 is 5.60 Å². The highest BCUT2D eigenvalue weighted by Gasteiger charge is 2.30. The maximum atomic E-state index is 12.4. The minimum absolute atomic E-state index is 0.0229. The summed E-state index contributed by atoms with van der Waals surface area (Å²) in [7, 11) is 0. The zero-order chi connectivity index (χ0) is 17.7. The number of carbonyl (C=O) groups is 2. The normalized spacial score (nSPS) is 18.3. The number of carbonyl (C=O) groups excluding carboxylic acids is 2. The van der Waals surface area contributed by atoms with Gasteiger partial charge >= 0.3 is 6.09 Å². The molecule has 0 saturated carbocycles. The number of amides is 2. The summed E-state index contributed by atoms with van der Waals surface area (Å²) < 4.78 is 5.41. The molecule has 1 atom stereocenters. The number of rotatable bonds is 4. The molecule has 0 aromatic carbocycles. The Morgan fingerprint density at radius 1 is 1.33 bits per heavy atom. The molecule has 0 spiro atoms. The smallest absolute Gasteiger partial charge is 0.410 e. The highest BCUT2D eigenvalue weighted by Crippen LogP contribution is 2.20. The number of thiophene rings is 1. The van der Waals surface area contributed by atoms with E-state index in [0.29, 0.717) is 19.6 Å². The first-order valence-electron chi connectivity index (χ1n) is 8.61. The Hall–Kier alpha value is -1.56. The second-order valence-electron chi connectivity index (χ2n) is 7.20. The summed E-state index contributed by atoms with van der Waals surface area (Å²) in [5.74, 6) is -0.133. The standard InChI is InChI=1S/C18H28N2O3S/c1-5-14-8-9-15(24-14)11-19-16(21)13-7-6-10-20(12-13)17(22)23-18(2,3)4/h8-9,13H,5-7,10-12H2,1-4H3,(H,19,21). The third kappa shape index (κ3) is 5.51. The number of nitrogens with zero attached hydrogens (tertiary/aromatic N) is 1. The monoisotopic (exact) mass is 352 g/mol. The molecule has 0 bridgehead atoms. The molecule has 6 heteroatoms. The Labute approximate surface area is 148 Å². The van der Waals surface area contributed by atoms with Gasteiger partial charge in [-0.3, -0.25) is 4.79 Å². The van der Waals surface area contributed by atoms with Crippen LogP contribution in [0.4, 0.5) is 4.79 Å². The van der Waals surface area contributed by atoms with Gasteiger partial charge in [-0.15, -0.1) is 11.3 Å². The van der Waals surface area contributed by atoms with Crippen LogP contribution in [-0.4, -0.2) is 35.6 Å². The zero-order valence-corrected chi connectivity index (χ0v) is 15.9. The Morgan fingerprint density at radius 2 is 2.04 bits per heavy atom. The van der Waals surface area contributed by atoms with Crippen LogP contribution < -0.4 is 5.32 Å². The number of piperidine rings is 1. The molecular formula is C18H28N2O3S. The molecule has 1 N–H and O–H groups in total. The average molecular weight is 353 g/mol. The number of hydrogen-bond donors (Lipinski definition) is 1. The van der Waals surface area contributed by atoms with E-state index in [4.69, 9.17) is 4.74 Å². The second-order valence-corrected chi connectivity index (χ2v) is 8.46. The van der Waals surface area contributed by atoms with E-state index in [-0.39, 0.29) is 17.9 Å². The van der Waals surface area contributed by atoms with E-state index in [2.05, 4.69) is 24.4 Å². The van der Waals surface area contributed by atoms with Crippen LogP contribution in [0.25, 0.3) is 0 Å². The van der Waals surface area contributed by atoms with Crippen molar-refractivity contribution in [3.63, 3.8) is 0 Å². The van der Waals surface area contributed by atoms with Gasteiger partial charge in [-0.1, -0.05) is 6.92 Å². The van der Waals surface area contributed by atoms with Crippen molar-refractivity contribution in [1.29, 1.82) is 0 Å². The minimum Gasteiger partial charge on any atom is -0.444 e. The first-order valence-corrected chi connectivity index (χ1v) is 9.43. The van der Waals surface area contributed by atoms with E-state index in [1.165, 1.54) is 9.75 Å². The van der Waals surface area contributed by atoms with Crippen molar-refractivity contribution in [2.45, 2.75) is 59.1 Å². The fourth-order valence-corrected chi connectivity index (χ4v) is 3.61. The summed E-state index contributed by atoms with van der Waals surface area (Å²) in [4.78, 5) is 28.7. The minimum atomic E-state index is -0.511. The zero-order valence-electron chi connectivity index (χ0n) is 15.1. The van der Waals surface area contributed by atoms with Gasteiger partial charge in [0.2, 0.25) is 5.91 Å². The molecule has 1 fully saturated rings. The van der Waals surface area contributed by atoms with E-state index in [1.54, 1.807) is 16.2 Å². The molecule has 2 rings (SSSR count). The summed E-state index contributed by atoms with van der Waals surface area (Å²) in [5.41, 5.74) is -0.511. The number of aryl methyl sites for hydroxylation is 1. The van der Waals surface area contributed by atoms with Crippen molar-refractivity contribution >= 4 is 23.3 Å². The van der Waals surface area contributed by atoms with Crippen molar-refractivity contribution in [2.24, 2.45) is 5.92 Å². The molecule has 1 saturated heterocycles. The molecule has 2 amide bonds. The molecule has 2 heterocycles. The second kappa shape index (κ2) is 8.01. The predicted octanol–water partition coefficient (Wildman–Crippen LogP) is 3.57. The van der Waals surface area contributed by atoms with Crippen molar-refractivity contribution in [1.82, 2.24) is 10.2 Å². The third-order valence-electron chi connectivity index (χ3n) is 3.95. The Morgan fingerprint density at radius 3 is 2.67 bits per heavy atom. The van der Waals surface area contributed by atoms with Crippen LogP contribution in [0.3, 0.4) is 0 Å². The van der Waals surface area contributed by atoms with E-state index in [1.807, 2.05) is 20.8 Å². The summed E-state index contributed by atoms with van der Waals surface area (Å²) in [6, 6.07) is 4.18. The Balaban J connectivity index is 1.84. The van der Waals surface area contributed by atoms with Gasteiger partial charge < -0.3 is 15.0 Å². The number of hydrogen-bond acceptors (Lipinski definition) is 4. The molecule has 5 nitrogen and oxygen atoms in total. The van der Waals surface area contributed by atoms with Gasteiger partial charge in [-0.2, -0.15) is 0 Å². The lowest BCUT2D eigenvalue weighted by Crippen LogP contribution is -2.46. The topological polar surface area (TPSA) is 58.6 Å². The van der Waals surface area contributed by atoms with Crippen molar-refractivity contribution in [2.75, 3.05) is 13.1 Å². The fraction of sp³-hybridized carbons (Fsp3) is 0.667. The molecule has 134 valence electrons. The van der Waals surface area contributed by atoms with Gasteiger partial charge in [0.15, 0.2) is 0 Å². The Bertz CT molecular complexity index is 577. The lowest BCUT2D eigenvalue weighted by atomic mass is 9.97. The maximum Gasteiger partial charge on any atom is 0.410 e. The van der Waals surface area contributed by atoms with Crippen molar-refractivity contribution in [3.05, 3.63) is 21.9 Å². The van der Waals surface area contributed by atoms with E-state index >= 15 is 0 Å². The van der Waals surface area contributed by atoms with Crippen LogP contribution in [0.15, 0.2) is 12.1 Å². The number of likely N-dealkylation sites (tertiary alicyclic amines) is 1. The summed E-state index contributed by atoms with van der Waals surface area (Å²) in [5, 5.41) is 3.01. The SMILES string of the molecule is CCc1ccc(CNC(=O)C2CCCN(C(=O)OC(C)(C)C)C2)s1. The highest BCUT2D eigenvalue weighted by atomic mass is 32.1. The fourth-order valence-electron chi connectivity index (χ4n) is 2.71. The third-order valence-corrected chi connectivity index (χ3v) is 5.18. The van der Waals surface area contributed by atoms with Crippen molar-refractivity contribution in [3.8, 4) is 0 Å². The molecule has 1 aromatic rings. The van der Waals surface area contributed by atoms with Crippen LogP contribution in [0, 0.1) is 5.92 Å². The molecule has 0 aliphatic carbocycles. The van der Waals surface area contributed by atoms with Crippen LogP contribution in [-0.2, 0) is 22.5 Å². The summed E-state index contributed by atoms with van der Waals surface area (Å²) in [6.07, 6.45) is 2.34. The molecule has 24 heavy (non-hydrogen) atoms. The van der Waals surface area contributed by atoms with Gasteiger partial charge in [0.25, 0.3) is 0 Å². The summed E-state index contributed by atoms with van der Waals surface area (Å²) >= 11 is 1.73. The molecule has 1 aromatic heterocycles. The van der Waals surface area contributed by atoms with E-state index in [0.717, 1.165) is 19.3 Å². The van der Waals surface area contributed by atoms with Gasteiger partial charge in [0, 0.05) is 22.8 Å². The first-order chi connectivity index (χ1) is 11.3. The molecule has 1 aliphatic heterocycles. The highest BCUT2D eigenvalue weighted by molar-refractivity contribution is 7.11. The Kier molecular flexibility index (Phi) is 6.27. The average Bonchev–Trinajstić information content (AvgIpc) is 2.99. The maximum absolute atomic E-state index is 12.4. The van der Waals surface area contributed by atoms with Crippen molar-refractivity contribution < 1.29 is 14.3 Å². The van der Waals surface area contributed by atoms with Crippen LogP contribution in [0.5, 0.6) is 0 Å².